The van der Waals surface area contributed by atoms with E-state index >= 15 is 0 Å². The highest BCUT2D eigenvalue weighted by atomic mass is 32.2. The molecule has 1 aliphatic carbocycles. The molecule has 2 heterocycles. The number of aromatic nitrogens is 1. The molecule has 0 bridgehead atoms. The van der Waals surface area contributed by atoms with E-state index in [0.717, 1.165) is 35.3 Å². The number of benzene rings is 1. The third-order valence-corrected chi connectivity index (χ3v) is 7.46. The monoisotopic (exact) mass is 454 g/mol. The van der Waals surface area contributed by atoms with Gasteiger partial charge >= 0.3 is 0 Å². The molecule has 1 amide bonds. The van der Waals surface area contributed by atoms with Gasteiger partial charge in [-0.25, -0.2) is 4.98 Å². The fourth-order valence-corrected chi connectivity index (χ4v) is 4.85. The van der Waals surface area contributed by atoms with Crippen LogP contribution in [0.15, 0.2) is 41.3 Å². The van der Waals surface area contributed by atoms with Crippen LogP contribution in [0.25, 0.3) is 0 Å². The van der Waals surface area contributed by atoms with E-state index in [-0.39, 0.29) is 18.1 Å². The largest absolute Gasteiger partial charge is 0.396 e. The summed E-state index contributed by atoms with van der Waals surface area (Å²) in [7, 11) is 0. The van der Waals surface area contributed by atoms with Crippen molar-refractivity contribution in [2.45, 2.75) is 56.4 Å². The van der Waals surface area contributed by atoms with Gasteiger partial charge in [-0.3, -0.25) is 4.79 Å². The second kappa shape index (κ2) is 9.32. The van der Waals surface area contributed by atoms with E-state index in [1.165, 1.54) is 25.7 Å². The molecular weight excluding hydrogens is 420 g/mol. The molecule has 1 spiro atoms. The molecule has 2 aliphatic rings. The molecule has 1 saturated carbocycles. The average Bonchev–Trinajstić information content (AvgIpc) is 3.52. The maximum atomic E-state index is 13.3. The van der Waals surface area contributed by atoms with Gasteiger partial charge in [0, 0.05) is 35.8 Å². The van der Waals surface area contributed by atoms with Gasteiger partial charge in [-0.15, -0.1) is 11.8 Å². The fourth-order valence-electron chi connectivity index (χ4n) is 4.39. The number of pyridine rings is 1. The van der Waals surface area contributed by atoms with Crippen molar-refractivity contribution in [3.05, 3.63) is 42.0 Å². The lowest BCUT2D eigenvalue weighted by molar-refractivity contribution is 0.102. The molecule has 1 aliphatic heterocycles. The van der Waals surface area contributed by atoms with Crippen molar-refractivity contribution in [3.8, 4) is 0 Å². The number of nitrogens with zero attached hydrogens (tertiary/aromatic N) is 2. The predicted octanol–water partition coefficient (Wildman–Crippen LogP) is 5.01. The number of rotatable bonds is 8. The Morgan fingerprint density at radius 2 is 1.94 bits per heavy atom. The smallest absolute Gasteiger partial charge is 0.259 e. The van der Waals surface area contributed by atoms with E-state index in [1.54, 1.807) is 11.8 Å². The van der Waals surface area contributed by atoms with Crippen LogP contribution in [-0.2, 0) is 0 Å². The number of hydrogen-bond acceptors (Lipinski definition) is 6. The summed E-state index contributed by atoms with van der Waals surface area (Å²) < 4.78 is 0. The van der Waals surface area contributed by atoms with Crippen LogP contribution >= 0.6 is 11.8 Å². The van der Waals surface area contributed by atoms with E-state index in [4.69, 9.17) is 4.98 Å². The molecular formula is C25H34N4O2S. The van der Waals surface area contributed by atoms with Crippen LogP contribution < -0.4 is 15.5 Å². The lowest BCUT2D eigenvalue weighted by Crippen LogP contribution is -2.37. The van der Waals surface area contributed by atoms with E-state index in [2.05, 4.69) is 15.5 Å². The minimum atomic E-state index is -0.291. The highest BCUT2D eigenvalue weighted by Crippen LogP contribution is 2.54. The van der Waals surface area contributed by atoms with Crippen molar-refractivity contribution in [2.24, 2.45) is 5.41 Å². The number of nitrogens with one attached hydrogen (secondary N) is 2. The number of piperidine rings is 1. The Bertz CT molecular complexity index is 964. The summed E-state index contributed by atoms with van der Waals surface area (Å²) >= 11 is 1.65. The van der Waals surface area contributed by atoms with Crippen LogP contribution in [0.2, 0.25) is 0 Å². The van der Waals surface area contributed by atoms with Gasteiger partial charge in [-0.1, -0.05) is 6.07 Å². The van der Waals surface area contributed by atoms with Crippen LogP contribution in [0.1, 0.15) is 56.3 Å². The lowest BCUT2D eigenvalue weighted by Gasteiger charge is -2.34. The predicted molar refractivity (Wildman–Crippen MR) is 133 cm³/mol. The molecule has 1 aromatic heterocycles. The van der Waals surface area contributed by atoms with Crippen molar-refractivity contribution in [3.63, 3.8) is 0 Å². The summed E-state index contributed by atoms with van der Waals surface area (Å²) in [6, 6.07) is 11.6. The zero-order chi connectivity index (χ0) is 22.8. The molecule has 3 N–H and O–H groups in total. The van der Waals surface area contributed by atoms with E-state index in [9.17, 15) is 9.90 Å². The number of carbonyl (C=O) groups excluding carboxylic acids is 1. The molecule has 0 radical (unpaired) electrons. The number of aliphatic hydroxyl groups is 1. The minimum absolute atomic E-state index is 0.108. The summed E-state index contributed by atoms with van der Waals surface area (Å²) in [6.07, 6.45) is 7.65. The Kier molecular flexibility index (Phi) is 6.67. The highest BCUT2D eigenvalue weighted by Gasteiger charge is 2.45. The lowest BCUT2D eigenvalue weighted by atomic mass is 9.93. The number of thioether (sulfide) groups is 1. The van der Waals surface area contributed by atoms with Crippen LogP contribution in [0, 0.1) is 5.41 Å². The van der Waals surface area contributed by atoms with Gasteiger partial charge in [-0.2, -0.15) is 0 Å². The number of hydrogen-bond donors (Lipinski definition) is 3. The van der Waals surface area contributed by atoms with Crippen LogP contribution in [-0.4, -0.2) is 47.5 Å². The highest BCUT2D eigenvalue weighted by molar-refractivity contribution is 7.98. The minimum Gasteiger partial charge on any atom is -0.396 e. The molecule has 0 atom stereocenters. The summed E-state index contributed by atoms with van der Waals surface area (Å²) in [5.74, 6) is 1.33. The first kappa shape index (κ1) is 22.9. The van der Waals surface area contributed by atoms with Gasteiger partial charge in [0.25, 0.3) is 5.91 Å². The number of carbonyl (C=O) groups is 1. The van der Waals surface area contributed by atoms with Crippen LogP contribution in [0.3, 0.4) is 0 Å². The maximum absolute atomic E-state index is 13.3. The second-order valence-corrected chi connectivity index (χ2v) is 10.6. The summed E-state index contributed by atoms with van der Waals surface area (Å²) in [5.41, 5.74) is 1.64. The Balaban J connectivity index is 1.60. The van der Waals surface area contributed by atoms with E-state index in [1.807, 2.05) is 56.5 Å². The molecule has 1 saturated heterocycles. The van der Waals surface area contributed by atoms with E-state index in [0.29, 0.717) is 17.4 Å². The molecule has 4 rings (SSSR count). The second-order valence-electron chi connectivity index (χ2n) is 9.72. The van der Waals surface area contributed by atoms with E-state index < -0.39 is 0 Å². The zero-order valence-corrected chi connectivity index (χ0v) is 20.1. The number of amides is 1. The van der Waals surface area contributed by atoms with Crippen LogP contribution in [0.4, 0.5) is 17.3 Å². The molecule has 7 heteroatoms. The molecule has 172 valence electrons. The first-order valence-corrected chi connectivity index (χ1v) is 12.7. The van der Waals surface area contributed by atoms with Crippen molar-refractivity contribution >= 4 is 35.0 Å². The first-order valence-electron chi connectivity index (χ1n) is 11.4. The van der Waals surface area contributed by atoms with Crippen LogP contribution in [0.5, 0.6) is 0 Å². The quantitative estimate of drug-likeness (QED) is 0.487. The van der Waals surface area contributed by atoms with Crippen molar-refractivity contribution in [2.75, 3.05) is 41.5 Å². The first-order chi connectivity index (χ1) is 15.3. The Labute approximate surface area is 195 Å². The van der Waals surface area contributed by atoms with Crippen molar-refractivity contribution in [1.82, 2.24) is 4.98 Å². The molecule has 32 heavy (non-hydrogen) atoms. The Hall–Kier alpha value is -2.25. The summed E-state index contributed by atoms with van der Waals surface area (Å²) in [6.45, 7) is 6.05. The molecule has 1 aromatic carbocycles. The number of aliphatic hydroxyl groups excluding tert-OH is 1. The van der Waals surface area contributed by atoms with Gasteiger partial charge in [0.1, 0.15) is 11.6 Å². The molecule has 2 fully saturated rings. The SMILES string of the molecule is CSc1cccc(NC(=O)c2ccc(NC(C)(C)CCO)nc2N2CCC3(CC2)CC3)c1. The van der Waals surface area contributed by atoms with Gasteiger partial charge in [0.2, 0.25) is 0 Å². The van der Waals surface area contributed by atoms with Crippen molar-refractivity contribution in [1.29, 1.82) is 0 Å². The van der Waals surface area contributed by atoms with Gasteiger partial charge in [0.05, 0.1) is 5.56 Å². The average molecular weight is 455 g/mol. The van der Waals surface area contributed by atoms with Gasteiger partial charge in [-0.05, 0) is 88.0 Å². The van der Waals surface area contributed by atoms with Gasteiger partial charge in [0.15, 0.2) is 0 Å². The third kappa shape index (κ3) is 5.38. The maximum Gasteiger partial charge on any atom is 0.259 e. The van der Waals surface area contributed by atoms with Crippen molar-refractivity contribution < 1.29 is 9.90 Å². The molecule has 2 aromatic rings. The van der Waals surface area contributed by atoms with Gasteiger partial charge < -0.3 is 20.6 Å². The standard InChI is InChI=1S/C25H34N4O2S/c1-24(2,13-16-30)28-21-8-7-20(23(31)26-18-5-4-6-19(17-18)32-3)22(27-21)29-14-11-25(9-10-25)12-15-29/h4-8,17,30H,9-16H2,1-3H3,(H,26,31)(H,27,28). The topological polar surface area (TPSA) is 77.5 Å². The zero-order valence-electron chi connectivity index (χ0n) is 19.3. The normalized spacial score (nSPS) is 17.3. The Morgan fingerprint density at radius 3 is 2.59 bits per heavy atom. The third-order valence-electron chi connectivity index (χ3n) is 6.73. The Morgan fingerprint density at radius 1 is 1.19 bits per heavy atom. The number of anilines is 3. The molecule has 6 nitrogen and oxygen atoms in total. The summed E-state index contributed by atoms with van der Waals surface area (Å²) in [4.78, 5) is 21.5. The summed E-state index contributed by atoms with van der Waals surface area (Å²) in [5, 5.41) is 15.8. The fraction of sp³-hybridized carbons (Fsp3) is 0.520. The molecule has 0 unspecified atom stereocenters.